The first-order valence-electron chi connectivity index (χ1n) is 5.50. The van der Waals surface area contributed by atoms with Gasteiger partial charge in [0.1, 0.15) is 5.82 Å². The van der Waals surface area contributed by atoms with Gasteiger partial charge in [0.05, 0.1) is 5.02 Å². The second-order valence-corrected chi connectivity index (χ2v) is 4.48. The molecule has 0 aromatic heterocycles. The Labute approximate surface area is 106 Å². The van der Waals surface area contributed by atoms with Crippen molar-refractivity contribution in [2.24, 2.45) is 11.8 Å². The molecule has 0 bridgehead atoms. The van der Waals surface area contributed by atoms with Gasteiger partial charge in [0, 0.05) is 19.8 Å². The molecule has 5 heteroatoms. The average molecular weight is 261 g/mol. The third kappa shape index (κ3) is 3.92. The third-order valence-electron chi connectivity index (χ3n) is 2.83. The summed E-state index contributed by atoms with van der Waals surface area (Å²) in [6.07, 6.45) is 0.861. The van der Waals surface area contributed by atoms with Gasteiger partial charge in [0.25, 0.3) is 0 Å². The summed E-state index contributed by atoms with van der Waals surface area (Å²) < 4.78 is 18.1. The number of nitrogens with two attached hydrogens (primary N) is 1. The maximum atomic E-state index is 13.1. The maximum Gasteiger partial charge on any atom is 0.141 e. The predicted octanol–water partition coefficient (Wildman–Crippen LogP) is 2.66. The van der Waals surface area contributed by atoms with E-state index in [9.17, 15) is 4.39 Å². The van der Waals surface area contributed by atoms with E-state index in [1.165, 1.54) is 6.07 Å². The van der Waals surface area contributed by atoms with Gasteiger partial charge >= 0.3 is 0 Å². The Balaban J connectivity index is 2.81. The second kappa shape index (κ2) is 6.91. The first-order valence-corrected chi connectivity index (χ1v) is 5.88. The van der Waals surface area contributed by atoms with Crippen LogP contribution in [0.2, 0.25) is 5.02 Å². The van der Waals surface area contributed by atoms with Crippen LogP contribution in [0.3, 0.4) is 0 Å². The van der Waals surface area contributed by atoms with Crippen molar-refractivity contribution in [2.45, 2.75) is 19.4 Å². The average Bonchev–Trinajstić information content (AvgIpc) is 2.32. The lowest BCUT2D eigenvalue weighted by Gasteiger charge is -2.23. The highest BCUT2D eigenvalue weighted by molar-refractivity contribution is 6.30. The number of hydrogen-bond donors (Lipinski definition) is 2. The first-order chi connectivity index (χ1) is 8.10. The molecule has 0 aliphatic heterocycles. The molecule has 3 N–H and O–H groups in total. The van der Waals surface area contributed by atoms with Gasteiger partial charge in [0.2, 0.25) is 0 Å². The molecule has 2 atom stereocenters. The van der Waals surface area contributed by atoms with Gasteiger partial charge in [-0.1, -0.05) is 24.6 Å². The maximum absolute atomic E-state index is 13.1. The molecule has 0 saturated carbocycles. The molecule has 0 heterocycles. The summed E-state index contributed by atoms with van der Waals surface area (Å²) in [6.45, 7) is 2.72. The summed E-state index contributed by atoms with van der Waals surface area (Å²) in [5, 5.41) is 0.113. The van der Waals surface area contributed by atoms with Crippen LogP contribution < -0.4 is 11.3 Å². The number of halogens is 2. The van der Waals surface area contributed by atoms with Crippen molar-refractivity contribution in [3.05, 3.63) is 34.6 Å². The second-order valence-electron chi connectivity index (χ2n) is 4.08. The molecule has 0 saturated heterocycles. The molecule has 1 aromatic carbocycles. The standard InChI is InChI=1S/C12H18ClFN2O/c1-8(5-6-17-2)12(16-15)9-3-4-11(14)10(13)7-9/h3-4,7-8,12,16H,5-6,15H2,1-2H3. The number of hydrogen-bond acceptors (Lipinski definition) is 3. The minimum Gasteiger partial charge on any atom is -0.385 e. The number of benzene rings is 1. The molecule has 0 aliphatic carbocycles. The molecule has 0 spiro atoms. The quantitative estimate of drug-likeness (QED) is 0.611. The van der Waals surface area contributed by atoms with E-state index in [-0.39, 0.29) is 17.0 Å². The Morgan fingerprint density at radius 3 is 2.76 bits per heavy atom. The monoisotopic (exact) mass is 260 g/mol. The predicted molar refractivity (Wildman–Crippen MR) is 67.1 cm³/mol. The fourth-order valence-corrected chi connectivity index (χ4v) is 1.95. The Morgan fingerprint density at radius 1 is 1.53 bits per heavy atom. The molecule has 2 unspecified atom stereocenters. The van der Waals surface area contributed by atoms with E-state index in [0.717, 1.165) is 12.0 Å². The lowest BCUT2D eigenvalue weighted by Crippen LogP contribution is -2.33. The number of nitrogens with one attached hydrogen (secondary N) is 1. The zero-order valence-electron chi connectivity index (χ0n) is 10.0. The van der Waals surface area contributed by atoms with Crippen LogP contribution in [-0.2, 0) is 4.74 Å². The summed E-state index contributed by atoms with van der Waals surface area (Å²) in [5.41, 5.74) is 3.61. The fourth-order valence-electron chi connectivity index (χ4n) is 1.77. The molecule has 3 nitrogen and oxygen atoms in total. The largest absolute Gasteiger partial charge is 0.385 e. The summed E-state index contributed by atoms with van der Waals surface area (Å²) in [5.74, 6) is 5.38. The van der Waals surface area contributed by atoms with Crippen molar-refractivity contribution in [1.29, 1.82) is 0 Å². The molecular formula is C12H18ClFN2O. The van der Waals surface area contributed by atoms with Crippen molar-refractivity contribution >= 4 is 11.6 Å². The van der Waals surface area contributed by atoms with E-state index < -0.39 is 5.82 Å². The van der Waals surface area contributed by atoms with Gasteiger partial charge in [-0.2, -0.15) is 0 Å². The Hall–Kier alpha value is -0.680. The van der Waals surface area contributed by atoms with Gasteiger partial charge in [-0.25, -0.2) is 4.39 Å². The molecule has 1 aromatic rings. The Bertz CT molecular complexity index is 362. The van der Waals surface area contributed by atoms with Crippen LogP contribution in [0.25, 0.3) is 0 Å². The highest BCUT2D eigenvalue weighted by atomic mass is 35.5. The zero-order valence-corrected chi connectivity index (χ0v) is 10.8. The smallest absolute Gasteiger partial charge is 0.141 e. The zero-order chi connectivity index (χ0) is 12.8. The van der Waals surface area contributed by atoms with Crippen molar-refractivity contribution in [3.8, 4) is 0 Å². The van der Waals surface area contributed by atoms with Gasteiger partial charge in [-0.15, -0.1) is 0 Å². The molecule has 1 rings (SSSR count). The van der Waals surface area contributed by atoms with E-state index in [1.54, 1.807) is 19.2 Å². The van der Waals surface area contributed by atoms with Crippen LogP contribution in [0.15, 0.2) is 18.2 Å². The number of methoxy groups -OCH3 is 1. The topological polar surface area (TPSA) is 47.3 Å². The van der Waals surface area contributed by atoms with Crippen LogP contribution in [0.5, 0.6) is 0 Å². The van der Waals surface area contributed by atoms with Gasteiger partial charge in [0.15, 0.2) is 0 Å². The minimum absolute atomic E-state index is 0.0664. The fraction of sp³-hybridized carbons (Fsp3) is 0.500. The molecule has 0 radical (unpaired) electrons. The Kier molecular flexibility index (Phi) is 5.85. The summed E-state index contributed by atoms with van der Waals surface area (Å²) >= 11 is 5.76. The summed E-state index contributed by atoms with van der Waals surface area (Å²) in [7, 11) is 1.66. The SMILES string of the molecule is COCCC(C)C(NN)c1ccc(F)c(Cl)c1. The molecule has 0 fully saturated rings. The van der Waals surface area contributed by atoms with E-state index in [0.29, 0.717) is 6.61 Å². The minimum atomic E-state index is -0.421. The van der Waals surface area contributed by atoms with Gasteiger partial charge < -0.3 is 4.74 Å². The van der Waals surface area contributed by atoms with Crippen molar-refractivity contribution in [2.75, 3.05) is 13.7 Å². The molecule has 17 heavy (non-hydrogen) atoms. The van der Waals surface area contributed by atoms with Gasteiger partial charge in [-0.3, -0.25) is 11.3 Å². The molecule has 0 amide bonds. The van der Waals surface area contributed by atoms with Crippen LogP contribution in [0.4, 0.5) is 4.39 Å². The van der Waals surface area contributed by atoms with Crippen molar-refractivity contribution < 1.29 is 9.13 Å². The number of hydrazine groups is 1. The molecule has 96 valence electrons. The van der Waals surface area contributed by atoms with E-state index in [4.69, 9.17) is 22.2 Å². The molecular weight excluding hydrogens is 243 g/mol. The normalized spacial score (nSPS) is 14.6. The van der Waals surface area contributed by atoms with Crippen LogP contribution in [-0.4, -0.2) is 13.7 Å². The number of ether oxygens (including phenoxy) is 1. The van der Waals surface area contributed by atoms with Crippen LogP contribution in [0, 0.1) is 11.7 Å². The van der Waals surface area contributed by atoms with Crippen LogP contribution in [0.1, 0.15) is 24.9 Å². The van der Waals surface area contributed by atoms with Gasteiger partial charge in [-0.05, 0) is 30.0 Å². The molecule has 0 aliphatic rings. The van der Waals surface area contributed by atoms with E-state index >= 15 is 0 Å². The first kappa shape index (κ1) is 14.4. The highest BCUT2D eigenvalue weighted by Gasteiger charge is 2.18. The van der Waals surface area contributed by atoms with E-state index in [1.807, 2.05) is 0 Å². The lowest BCUT2D eigenvalue weighted by atomic mass is 9.92. The van der Waals surface area contributed by atoms with Crippen molar-refractivity contribution in [1.82, 2.24) is 5.43 Å². The Morgan fingerprint density at radius 2 is 2.24 bits per heavy atom. The number of rotatable bonds is 6. The van der Waals surface area contributed by atoms with Crippen LogP contribution >= 0.6 is 11.6 Å². The van der Waals surface area contributed by atoms with Crippen molar-refractivity contribution in [3.63, 3.8) is 0 Å². The highest BCUT2D eigenvalue weighted by Crippen LogP contribution is 2.27. The summed E-state index contributed by atoms with van der Waals surface area (Å²) in [4.78, 5) is 0. The van der Waals surface area contributed by atoms with E-state index in [2.05, 4.69) is 12.3 Å². The lowest BCUT2D eigenvalue weighted by molar-refractivity contribution is 0.170. The third-order valence-corrected chi connectivity index (χ3v) is 3.12. The summed E-state index contributed by atoms with van der Waals surface area (Å²) in [6, 6.07) is 4.58.